The van der Waals surface area contributed by atoms with Gasteiger partial charge < -0.3 is 15.0 Å². The average Bonchev–Trinajstić information content (AvgIpc) is 3.29. The van der Waals surface area contributed by atoms with Gasteiger partial charge in [-0.2, -0.15) is 10.5 Å². The predicted octanol–water partition coefficient (Wildman–Crippen LogP) is 1.88. The van der Waals surface area contributed by atoms with Crippen LogP contribution in [0.25, 0.3) is 0 Å². The summed E-state index contributed by atoms with van der Waals surface area (Å²) in [6.45, 7) is 2.23. The van der Waals surface area contributed by atoms with Crippen molar-refractivity contribution in [2.75, 3.05) is 37.3 Å². The monoisotopic (exact) mass is 380 g/mol. The number of nitrogens with one attached hydrogen (secondary N) is 1. The van der Waals surface area contributed by atoms with E-state index in [1.54, 1.807) is 4.90 Å². The second-order valence-electron chi connectivity index (χ2n) is 5.37. The Morgan fingerprint density at radius 3 is 2.76 bits per heavy atom. The van der Waals surface area contributed by atoms with E-state index in [-0.39, 0.29) is 30.6 Å². The molecule has 0 unspecified atom stereocenters. The van der Waals surface area contributed by atoms with E-state index < -0.39 is 0 Å². The van der Waals surface area contributed by atoms with Gasteiger partial charge in [-0.3, -0.25) is 4.79 Å². The van der Waals surface area contributed by atoms with Crippen LogP contribution in [0.5, 0.6) is 0 Å². The number of anilines is 1. The first-order valence-electron chi connectivity index (χ1n) is 8.06. The van der Waals surface area contributed by atoms with Crippen molar-refractivity contribution < 1.29 is 9.53 Å². The third-order valence-corrected chi connectivity index (χ3v) is 5.57. The molecule has 0 saturated carbocycles. The van der Waals surface area contributed by atoms with Crippen LogP contribution in [0.3, 0.4) is 0 Å². The van der Waals surface area contributed by atoms with Crippen LogP contribution in [-0.2, 0) is 9.53 Å². The van der Waals surface area contributed by atoms with Gasteiger partial charge in [0.2, 0.25) is 11.0 Å². The van der Waals surface area contributed by atoms with Crippen molar-refractivity contribution in [2.24, 2.45) is 0 Å². The number of amides is 1. The predicted molar refractivity (Wildman–Crippen MR) is 95.1 cm³/mol. The van der Waals surface area contributed by atoms with Gasteiger partial charge in [0.05, 0.1) is 36.8 Å². The summed E-state index contributed by atoms with van der Waals surface area (Å²) in [7, 11) is 0. The van der Waals surface area contributed by atoms with E-state index in [0.29, 0.717) is 24.0 Å². The lowest BCUT2D eigenvalue weighted by molar-refractivity contribution is -0.128. The fraction of sp³-hybridized carbons (Fsp3) is 0.667. The van der Waals surface area contributed by atoms with Crippen molar-refractivity contribution in [1.82, 2.24) is 15.1 Å². The van der Waals surface area contributed by atoms with Crippen molar-refractivity contribution in [3.05, 3.63) is 0 Å². The largest absolute Gasteiger partial charge is 0.376 e. The minimum Gasteiger partial charge on any atom is -0.376 e. The van der Waals surface area contributed by atoms with Crippen LogP contribution in [0.4, 0.5) is 5.13 Å². The van der Waals surface area contributed by atoms with Crippen molar-refractivity contribution in [1.29, 1.82) is 10.5 Å². The zero-order valence-electron chi connectivity index (χ0n) is 13.8. The maximum atomic E-state index is 12.2. The minimum atomic E-state index is -0.0976. The topological polar surface area (TPSA) is 115 Å². The summed E-state index contributed by atoms with van der Waals surface area (Å²) in [5.74, 6) is 0.122. The van der Waals surface area contributed by atoms with Crippen LogP contribution in [0, 0.1) is 22.7 Å². The first-order valence-corrected chi connectivity index (χ1v) is 9.86. The first-order chi connectivity index (χ1) is 12.2. The lowest BCUT2D eigenvalue weighted by Crippen LogP contribution is -2.34. The quantitative estimate of drug-likeness (QED) is 0.612. The molecule has 25 heavy (non-hydrogen) atoms. The smallest absolute Gasteiger partial charge is 0.233 e. The van der Waals surface area contributed by atoms with Gasteiger partial charge in [0.1, 0.15) is 0 Å². The minimum absolute atomic E-state index is 0.0976. The summed E-state index contributed by atoms with van der Waals surface area (Å²) in [4.78, 5) is 13.8. The Morgan fingerprint density at radius 2 is 2.12 bits per heavy atom. The molecule has 10 heteroatoms. The van der Waals surface area contributed by atoms with Gasteiger partial charge in [0.15, 0.2) is 4.34 Å². The van der Waals surface area contributed by atoms with Crippen LogP contribution in [0.15, 0.2) is 4.34 Å². The summed E-state index contributed by atoms with van der Waals surface area (Å²) in [5, 5.41) is 29.4. The Morgan fingerprint density at radius 1 is 1.36 bits per heavy atom. The third kappa shape index (κ3) is 6.86. The second kappa shape index (κ2) is 10.9. The number of rotatable bonds is 10. The Hall–Kier alpha value is -1.88. The Kier molecular flexibility index (Phi) is 8.46. The number of carbonyl (C=O) groups is 1. The highest BCUT2D eigenvalue weighted by Crippen LogP contribution is 2.26. The molecule has 0 aromatic carbocycles. The third-order valence-electron chi connectivity index (χ3n) is 3.57. The van der Waals surface area contributed by atoms with Gasteiger partial charge in [0.25, 0.3) is 0 Å². The highest BCUT2D eigenvalue weighted by Gasteiger charge is 2.17. The van der Waals surface area contributed by atoms with Gasteiger partial charge in [-0.1, -0.05) is 23.1 Å². The van der Waals surface area contributed by atoms with Crippen LogP contribution in [-0.4, -0.2) is 59.1 Å². The first kappa shape index (κ1) is 19.4. The number of nitrogens with zero attached hydrogens (tertiary/aromatic N) is 5. The van der Waals surface area contributed by atoms with Crippen molar-refractivity contribution >= 4 is 34.1 Å². The SMILES string of the molecule is N#CCCN(CCC#N)C(=O)CSc1nnc(NC[C@@H]2CCCO2)s1. The van der Waals surface area contributed by atoms with Crippen molar-refractivity contribution in [2.45, 2.75) is 36.1 Å². The molecule has 1 aromatic heterocycles. The maximum absolute atomic E-state index is 12.2. The summed E-state index contributed by atoms with van der Waals surface area (Å²) >= 11 is 2.72. The molecule has 0 bridgehead atoms. The summed E-state index contributed by atoms with van der Waals surface area (Å²) < 4.78 is 6.26. The standard InChI is InChI=1S/C15H20N6O2S2/c16-5-2-7-21(8-3-6-17)13(22)11-24-15-20-19-14(25-15)18-10-12-4-1-9-23-12/h12H,1-4,7-11H2,(H,18,19)/t12-/m0/s1. The molecular formula is C15H20N6O2S2. The van der Waals surface area contributed by atoms with E-state index in [0.717, 1.165) is 24.6 Å². The van der Waals surface area contributed by atoms with E-state index in [4.69, 9.17) is 15.3 Å². The summed E-state index contributed by atoms with van der Waals surface area (Å²) in [6, 6.07) is 4.04. The molecular weight excluding hydrogens is 360 g/mol. The number of hydrogen-bond acceptors (Lipinski definition) is 9. The molecule has 0 spiro atoms. The average molecular weight is 380 g/mol. The Balaban J connectivity index is 1.76. The number of carbonyl (C=O) groups excluding carboxylic acids is 1. The number of ether oxygens (including phenoxy) is 1. The second-order valence-corrected chi connectivity index (χ2v) is 7.57. The zero-order valence-corrected chi connectivity index (χ0v) is 15.4. The van der Waals surface area contributed by atoms with Crippen LogP contribution in [0.1, 0.15) is 25.7 Å². The molecule has 1 aliphatic heterocycles. The van der Waals surface area contributed by atoms with Crippen LogP contribution in [0.2, 0.25) is 0 Å². The van der Waals surface area contributed by atoms with E-state index in [2.05, 4.69) is 15.5 Å². The van der Waals surface area contributed by atoms with Crippen LogP contribution >= 0.6 is 23.1 Å². The molecule has 1 saturated heterocycles. The van der Waals surface area contributed by atoms with Gasteiger partial charge >= 0.3 is 0 Å². The molecule has 0 aliphatic carbocycles. The fourth-order valence-corrected chi connectivity index (χ4v) is 3.95. The molecule has 1 amide bonds. The summed E-state index contributed by atoms with van der Waals surface area (Å²) in [5.41, 5.74) is 0. The normalized spacial score (nSPS) is 16.2. The number of aromatic nitrogens is 2. The van der Waals surface area contributed by atoms with Crippen molar-refractivity contribution in [3.8, 4) is 12.1 Å². The molecule has 1 atom stereocenters. The Labute approximate surface area is 155 Å². The lowest BCUT2D eigenvalue weighted by atomic mass is 10.2. The molecule has 1 aliphatic rings. The molecule has 2 rings (SSSR count). The lowest BCUT2D eigenvalue weighted by Gasteiger charge is -2.19. The molecule has 0 radical (unpaired) electrons. The van der Waals surface area contributed by atoms with E-state index in [1.807, 2.05) is 12.1 Å². The van der Waals surface area contributed by atoms with E-state index in [1.165, 1.54) is 23.1 Å². The van der Waals surface area contributed by atoms with Gasteiger partial charge in [-0.05, 0) is 12.8 Å². The Bertz CT molecular complexity index is 615. The van der Waals surface area contributed by atoms with Crippen LogP contribution < -0.4 is 5.32 Å². The highest BCUT2D eigenvalue weighted by molar-refractivity contribution is 8.01. The number of nitriles is 2. The number of hydrogen-bond donors (Lipinski definition) is 1. The van der Waals surface area contributed by atoms with Gasteiger partial charge in [-0.25, -0.2) is 0 Å². The number of thioether (sulfide) groups is 1. The van der Waals surface area contributed by atoms with Gasteiger partial charge in [0, 0.05) is 26.2 Å². The fourth-order valence-electron chi connectivity index (χ4n) is 2.29. The molecule has 134 valence electrons. The van der Waals surface area contributed by atoms with Gasteiger partial charge in [-0.15, -0.1) is 10.2 Å². The summed E-state index contributed by atoms with van der Waals surface area (Å²) in [6.07, 6.45) is 2.91. The zero-order chi connectivity index (χ0) is 17.9. The maximum Gasteiger partial charge on any atom is 0.233 e. The molecule has 1 N–H and O–H groups in total. The molecule has 8 nitrogen and oxygen atoms in total. The van der Waals surface area contributed by atoms with E-state index >= 15 is 0 Å². The van der Waals surface area contributed by atoms with Crippen molar-refractivity contribution in [3.63, 3.8) is 0 Å². The molecule has 1 aromatic rings. The molecule has 1 fully saturated rings. The molecule has 2 heterocycles. The highest BCUT2D eigenvalue weighted by atomic mass is 32.2. The van der Waals surface area contributed by atoms with E-state index in [9.17, 15) is 4.79 Å².